The van der Waals surface area contributed by atoms with Crippen molar-refractivity contribution in [2.45, 2.75) is 31.2 Å². The van der Waals surface area contributed by atoms with Crippen molar-refractivity contribution in [3.05, 3.63) is 94.7 Å². The van der Waals surface area contributed by atoms with Gasteiger partial charge in [-0.05, 0) is 53.4 Å². The summed E-state index contributed by atoms with van der Waals surface area (Å²) >= 11 is 0. The summed E-state index contributed by atoms with van der Waals surface area (Å²) in [5, 5.41) is 12.1. The fourth-order valence-corrected chi connectivity index (χ4v) is 5.43. The molecular formula is C32H36N4O2. The average molecular weight is 509 g/mol. The van der Waals surface area contributed by atoms with Gasteiger partial charge < -0.3 is 14.8 Å². The number of hydrogen-bond acceptors (Lipinski definition) is 5. The molecule has 196 valence electrons. The molecule has 0 bridgehead atoms. The number of aromatic amines is 1. The molecule has 5 rings (SSSR count). The molecule has 3 aromatic carbocycles. The Morgan fingerprint density at radius 2 is 1.95 bits per heavy atom. The van der Waals surface area contributed by atoms with Crippen molar-refractivity contribution in [2.75, 3.05) is 39.2 Å². The summed E-state index contributed by atoms with van der Waals surface area (Å²) in [6.45, 7) is 5.78. The third-order valence-corrected chi connectivity index (χ3v) is 7.81. The number of fused-ring (bicyclic) bond motifs is 1. The number of nitrogens with one attached hydrogen (secondary N) is 2. The number of carbonyl (C=O) groups excluding carboxylic acids is 1. The molecule has 1 aromatic heterocycles. The smallest absolute Gasteiger partial charge is 0.131 e. The molecule has 0 saturated heterocycles. The van der Waals surface area contributed by atoms with Crippen molar-refractivity contribution >= 4 is 35.0 Å². The van der Waals surface area contributed by atoms with Crippen LogP contribution in [0.5, 0.6) is 0 Å². The van der Waals surface area contributed by atoms with Gasteiger partial charge in [0.1, 0.15) is 6.29 Å². The van der Waals surface area contributed by atoms with Gasteiger partial charge in [0.2, 0.25) is 0 Å². The lowest BCUT2D eigenvalue weighted by atomic mass is 9.90. The number of methoxy groups -OCH3 is 1. The quantitative estimate of drug-likeness (QED) is 0.234. The molecule has 1 aliphatic carbocycles. The zero-order valence-electron chi connectivity index (χ0n) is 22.4. The van der Waals surface area contributed by atoms with Crippen LogP contribution in [0.4, 0.5) is 5.69 Å². The van der Waals surface area contributed by atoms with E-state index in [0.29, 0.717) is 0 Å². The third-order valence-electron chi connectivity index (χ3n) is 7.81. The van der Waals surface area contributed by atoms with Gasteiger partial charge in [-0.15, -0.1) is 0 Å². The van der Waals surface area contributed by atoms with Gasteiger partial charge in [0.05, 0.1) is 23.2 Å². The van der Waals surface area contributed by atoms with Gasteiger partial charge in [0.15, 0.2) is 0 Å². The number of hydrogen-bond donors (Lipinski definition) is 2. The standard InChI is InChI=1S/C32H36N4O2/c1-4-36(17-18-38-3)21-24-11-9-23(10-12-24)13-16-29-26-15-14-25(19-31(26)35-34-29)28-20-32(28,22-37)27-7-5-6-8-30(27)33-2/h5-16,19,22,28,33H,4,17-18,20-21H2,1-3H3,(H,34,35)/b16-13+. The van der Waals surface area contributed by atoms with E-state index in [1.54, 1.807) is 7.11 Å². The fourth-order valence-electron chi connectivity index (χ4n) is 5.43. The van der Waals surface area contributed by atoms with E-state index in [-0.39, 0.29) is 5.92 Å². The number of H-pyrrole nitrogens is 1. The number of likely N-dealkylation sites (N-methyl/N-ethyl adjacent to an activating group) is 1. The van der Waals surface area contributed by atoms with Crippen molar-refractivity contribution in [3.8, 4) is 0 Å². The largest absolute Gasteiger partial charge is 0.388 e. The molecule has 2 N–H and O–H groups in total. The zero-order chi connectivity index (χ0) is 26.5. The van der Waals surface area contributed by atoms with Crippen molar-refractivity contribution in [1.82, 2.24) is 15.1 Å². The summed E-state index contributed by atoms with van der Waals surface area (Å²) in [7, 11) is 3.65. The summed E-state index contributed by atoms with van der Waals surface area (Å²) in [4.78, 5) is 14.7. The second-order valence-corrected chi connectivity index (χ2v) is 10.1. The first-order chi connectivity index (χ1) is 18.6. The Hall–Kier alpha value is -3.74. The van der Waals surface area contributed by atoms with Gasteiger partial charge >= 0.3 is 0 Å². The SMILES string of the molecule is CCN(CCOC)Cc1ccc(/C=C/c2n[nH]c3cc(C4CC4(C=O)c4ccccc4NC)ccc23)cc1. The van der Waals surface area contributed by atoms with Crippen LogP contribution in [0.25, 0.3) is 23.1 Å². The molecule has 38 heavy (non-hydrogen) atoms. The van der Waals surface area contributed by atoms with Crippen LogP contribution in [0.3, 0.4) is 0 Å². The summed E-state index contributed by atoms with van der Waals surface area (Å²) in [6, 6.07) is 23.2. The highest BCUT2D eigenvalue weighted by Gasteiger charge is 2.57. The van der Waals surface area contributed by atoms with Gasteiger partial charge in [0.25, 0.3) is 0 Å². The molecule has 2 atom stereocenters. The van der Waals surface area contributed by atoms with Crippen LogP contribution >= 0.6 is 0 Å². The molecule has 0 radical (unpaired) electrons. The van der Waals surface area contributed by atoms with Crippen molar-refractivity contribution in [1.29, 1.82) is 0 Å². The fraction of sp³-hybridized carbons (Fsp3) is 0.312. The van der Waals surface area contributed by atoms with Gasteiger partial charge in [-0.3, -0.25) is 10.00 Å². The number of aromatic nitrogens is 2. The number of anilines is 1. The van der Waals surface area contributed by atoms with Gasteiger partial charge in [-0.25, -0.2) is 0 Å². The number of nitrogens with zero attached hydrogens (tertiary/aromatic N) is 2. The highest BCUT2D eigenvalue weighted by atomic mass is 16.5. The highest BCUT2D eigenvalue weighted by Crippen LogP contribution is 2.60. The lowest BCUT2D eigenvalue weighted by Crippen LogP contribution is -2.26. The molecule has 0 spiro atoms. The first kappa shape index (κ1) is 25.9. The minimum atomic E-state index is -0.472. The van der Waals surface area contributed by atoms with E-state index in [4.69, 9.17) is 4.74 Å². The Balaban J connectivity index is 1.29. The molecule has 0 amide bonds. The van der Waals surface area contributed by atoms with E-state index in [2.05, 4.69) is 88.0 Å². The predicted octanol–water partition coefficient (Wildman–Crippen LogP) is 5.87. The molecular weight excluding hydrogens is 472 g/mol. The molecule has 1 heterocycles. The molecule has 1 fully saturated rings. The highest BCUT2D eigenvalue weighted by molar-refractivity contribution is 5.90. The minimum absolute atomic E-state index is 0.165. The number of carbonyl (C=O) groups is 1. The van der Waals surface area contributed by atoms with E-state index in [1.165, 1.54) is 5.56 Å². The third kappa shape index (κ3) is 5.15. The Labute approximate surface area is 224 Å². The van der Waals surface area contributed by atoms with E-state index >= 15 is 0 Å². The summed E-state index contributed by atoms with van der Waals surface area (Å²) in [6.07, 6.45) is 6.10. The zero-order valence-corrected chi connectivity index (χ0v) is 22.4. The summed E-state index contributed by atoms with van der Waals surface area (Å²) in [5.74, 6) is 0.165. The molecule has 6 nitrogen and oxygen atoms in total. The number of benzene rings is 3. The number of ether oxygens (including phenoxy) is 1. The maximum Gasteiger partial charge on any atom is 0.131 e. The Kier molecular flexibility index (Phi) is 7.72. The van der Waals surface area contributed by atoms with Crippen LogP contribution in [-0.2, 0) is 21.5 Å². The second-order valence-electron chi connectivity index (χ2n) is 10.1. The van der Waals surface area contributed by atoms with Crippen LogP contribution < -0.4 is 5.32 Å². The van der Waals surface area contributed by atoms with E-state index in [9.17, 15) is 4.79 Å². The predicted molar refractivity (Wildman–Crippen MR) is 155 cm³/mol. The lowest BCUT2D eigenvalue weighted by Gasteiger charge is -2.19. The minimum Gasteiger partial charge on any atom is -0.388 e. The van der Waals surface area contributed by atoms with Crippen molar-refractivity contribution in [2.24, 2.45) is 0 Å². The Morgan fingerprint density at radius 1 is 1.13 bits per heavy atom. The van der Waals surface area contributed by atoms with Crippen molar-refractivity contribution < 1.29 is 9.53 Å². The van der Waals surface area contributed by atoms with Crippen LogP contribution in [0.1, 0.15) is 47.2 Å². The second kappa shape index (κ2) is 11.3. The van der Waals surface area contributed by atoms with Gasteiger partial charge in [0, 0.05) is 44.2 Å². The number of aldehydes is 1. The van der Waals surface area contributed by atoms with E-state index < -0.39 is 5.41 Å². The van der Waals surface area contributed by atoms with Crippen LogP contribution in [0.2, 0.25) is 0 Å². The molecule has 2 unspecified atom stereocenters. The molecule has 6 heteroatoms. The summed E-state index contributed by atoms with van der Waals surface area (Å²) in [5.41, 5.74) is 7.10. The maximum atomic E-state index is 12.3. The number of rotatable bonds is 12. The maximum absolute atomic E-state index is 12.3. The average Bonchev–Trinajstić information content (AvgIpc) is 3.59. The van der Waals surface area contributed by atoms with E-state index in [0.717, 1.165) is 77.9 Å². The Morgan fingerprint density at radius 3 is 2.68 bits per heavy atom. The van der Waals surface area contributed by atoms with Crippen LogP contribution in [-0.4, -0.2) is 55.2 Å². The number of para-hydroxylation sites is 1. The molecule has 0 aliphatic heterocycles. The summed E-state index contributed by atoms with van der Waals surface area (Å²) < 4.78 is 5.22. The first-order valence-corrected chi connectivity index (χ1v) is 13.3. The van der Waals surface area contributed by atoms with Gasteiger partial charge in [-0.1, -0.05) is 67.6 Å². The molecule has 1 saturated carbocycles. The Bertz CT molecular complexity index is 1430. The molecule has 1 aliphatic rings. The topological polar surface area (TPSA) is 70.2 Å². The normalized spacial score (nSPS) is 18.9. The van der Waals surface area contributed by atoms with E-state index in [1.807, 2.05) is 25.2 Å². The molecule has 4 aromatic rings. The monoisotopic (exact) mass is 508 g/mol. The van der Waals surface area contributed by atoms with Crippen LogP contribution in [0.15, 0.2) is 66.7 Å². The van der Waals surface area contributed by atoms with Crippen molar-refractivity contribution in [3.63, 3.8) is 0 Å². The lowest BCUT2D eigenvalue weighted by molar-refractivity contribution is -0.110. The van der Waals surface area contributed by atoms with Gasteiger partial charge in [-0.2, -0.15) is 5.10 Å². The van der Waals surface area contributed by atoms with Crippen LogP contribution in [0, 0.1) is 0 Å². The first-order valence-electron chi connectivity index (χ1n) is 13.3.